The number of hydrogen-bond acceptors (Lipinski definition) is 4. The molecule has 0 amide bonds. The third-order valence-corrected chi connectivity index (χ3v) is 15.8. The van der Waals surface area contributed by atoms with Crippen LogP contribution < -0.4 is 0 Å². The highest BCUT2D eigenvalue weighted by atomic mass is 16.5. The molecule has 0 saturated carbocycles. The number of unbranched alkanes of at least 4 members (excludes halogenated alkanes) is 26. The number of hydrogen-bond donors (Lipinski definition) is 0. The van der Waals surface area contributed by atoms with E-state index in [1.807, 2.05) is 26.0 Å². The number of fused-ring (bicyclic) bond motifs is 6. The SMILES string of the molecule is CCCCCCCCCCCCCCCCn1c2ccccc2c2cc(-c3cc(C(=O)OCC)c(-c4ccc5c(c4)c4ccccc4n5CCCCCCCCCCCCCCCC)cc3C(=O)OCC)ccc21. The van der Waals surface area contributed by atoms with Crippen LogP contribution in [0.25, 0.3) is 65.9 Å². The topological polar surface area (TPSA) is 62.5 Å². The number of aromatic nitrogens is 2. The summed E-state index contributed by atoms with van der Waals surface area (Å²) < 4.78 is 16.5. The molecule has 0 bridgehead atoms. The minimum absolute atomic E-state index is 0.240. The van der Waals surface area contributed by atoms with Gasteiger partial charge in [0.15, 0.2) is 0 Å². The molecule has 7 aromatic rings. The van der Waals surface area contributed by atoms with Crippen LogP contribution in [0.5, 0.6) is 0 Å². The molecule has 0 unspecified atom stereocenters. The first kappa shape index (κ1) is 56.4. The van der Waals surface area contributed by atoms with E-state index in [1.54, 1.807) is 0 Å². The van der Waals surface area contributed by atoms with Gasteiger partial charge in [0.25, 0.3) is 0 Å². The Balaban J connectivity index is 1.07. The van der Waals surface area contributed by atoms with Crippen LogP contribution >= 0.6 is 0 Å². The van der Waals surface area contributed by atoms with Gasteiger partial charge in [-0.25, -0.2) is 9.59 Å². The van der Waals surface area contributed by atoms with Crippen molar-refractivity contribution in [2.24, 2.45) is 0 Å². The minimum atomic E-state index is -0.412. The molecule has 2 heterocycles. The van der Waals surface area contributed by atoms with E-state index in [4.69, 9.17) is 9.47 Å². The fraction of sp³-hybridized carbons (Fsp3) is 0.529. The van der Waals surface area contributed by atoms with E-state index in [9.17, 15) is 9.59 Å². The van der Waals surface area contributed by atoms with E-state index in [2.05, 4.69) is 108 Å². The lowest BCUT2D eigenvalue weighted by atomic mass is 9.89. The van der Waals surface area contributed by atoms with Crippen LogP contribution in [0.15, 0.2) is 97.1 Å². The summed E-state index contributed by atoms with van der Waals surface area (Å²) in [6.07, 6.45) is 37.6. The van der Waals surface area contributed by atoms with Crippen LogP contribution in [-0.4, -0.2) is 34.3 Å². The second-order valence-corrected chi connectivity index (χ2v) is 21.4. The second kappa shape index (κ2) is 30.9. The zero-order chi connectivity index (χ0) is 51.7. The predicted molar refractivity (Wildman–Crippen MR) is 316 cm³/mol. The molecule has 6 nitrogen and oxygen atoms in total. The fourth-order valence-electron chi connectivity index (χ4n) is 11.7. The van der Waals surface area contributed by atoms with E-state index < -0.39 is 11.9 Å². The smallest absolute Gasteiger partial charge is 0.338 e. The molecule has 74 heavy (non-hydrogen) atoms. The number of esters is 2. The van der Waals surface area contributed by atoms with Crippen LogP contribution in [0.1, 0.15) is 228 Å². The van der Waals surface area contributed by atoms with Crippen LogP contribution in [0.4, 0.5) is 0 Å². The van der Waals surface area contributed by atoms with Gasteiger partial charge in [-0.1, -0.05) is 229 Å². The molecule has 0 aliphatic carbocycles. The predicted octanol–water partition coefficient (Wildman–Crippen LogP) is 20.6. The molecule has 7 rings (SSSR count). The average Bonchev–Trinajstić information content (AvgIpc) is 3.91. The number of ether oxygens (including phenoxy) is 2. The number of nitrogens with zero attached hydrogens (tertiary/aromatic N) is 2. The van der Waals surface area contributed by atoms with Crippen molar-refractivity contribution in [3.8, 4) is 22.3 Å². The third-order valence-electron chi connectivity index (χ3n) is 15.8. The Kier molecular flexibility index (Phi) is 23.5. The number of benzene rings is 5. The van der Waals surface area contributed by atoms with Gasteiger partial charge in [-0.05, 0) is 97.5 Å². The summed E-state index contributed by atoms with van der Waals surface area (Å²) in [5, 5.41) is 4.64. The first-order valence-corrected chi connectivity index (χ1v) is 30.0. The molecule has 2 aromatic heterocycles. The molecular weight excluding hydrogens is 909 g/mol. The van der Waals surface area contributed by atoms with Crippen LogP contribution in [-0.2, 0) is 22.6 Å². The highest BCUT2D eigenvalue weighted by Crippen LogP contribution is 2.40. The van der Waals surface area contributed by atoms with Gasteiger partial charge in [-0.3, -0.25) is 0 Å². The molecule has 6 heteroatoms. The van der Waals surface area contributed by atoms with Crippen molar-refractivity contribution in [2.75, 3.05) is 13.2 Å². The Morgan fingerprint density at radius 3 is 0.959 bits per heavy atom. The first-order valence-electron chi connectivity index (χ1n) is 30.0. The van der Waals surface area contributed by atoms with E-state index in [0.717, 1.165) is 47.8 Å². The summed E-state index contributed by atoms with van der Waals surface area (Å²) in [6.45, 7) is 10.7. The fourth-order valence-corrected chi connectivity index (χ4v) is 11.7. The lowest BCUT2D eigenvalue weighted by Gasteiger charge is -2.17. The van der Waals surface area contributed by atoms with Gasteiger partial charge in [0.05, 0.1) is 24.3 Å². The zero-order valence-electron chi connectivity index (χ0n) is 46.4. The Morgan fingerprint density at radius 2 is 0.635 bits per heavy atom. The van der Waals surface area contributed by atoms with Crippen molar-refractivity contribution in [1.29, 1.82) is 0 Å². The summed E-state index contributed by atoms with van der Waals surface area (Å²) in [5.74, 6) is -0.823. The Bertz CT molecular complexity index is 2620. The van der Waals surface area contributed by atoms with E-state index in [1.165, 1.54) is 200 Å². The maximum Gasteiger partial charge on any atom is 0.338 e. The highest BCUT2D eigenvalue weighted by molar-refractivity contribution is 6.13. The molecule has 0 radical (unpaired) electrons. The van der Waals surface area contributed by atoms with Gasteiger partial charge in [-0.15, -0.1) is 0 Å². The van der Waals surface area contributed by atoms with Crippen molar-refractivity contribution in [1.82, 2.24) is 9.13 Å². The third kappa shape index (κ3) is 15.4. The van der Waals surface area contributed by atoms with Crippen LogP contribution in [0, 0.1) is 0 Å². The van der Waals surface area contributed by atoms with Crippen molar-refractivity contribution in [3.05, 3.63) is 108 Å². The summed E-state index contributed by atoms with van der Waals surface area (Å²) >= 11 is 0. The molecule has 0 aliphatic rings. The largest absolute Gasteiger partial charge is 0.462 e. The van der Waals surface area contributed by atoms with Crippen LogP contribution in [0.2, 0.25) is 0 Å². The Labute approximate surface area is 446 Å². The minimum Gasteiger partial charge on any atom is -0.462 e. The number of rotatable bonds is 36. The molecule has 0 atom stereocenters. The van der Waals surface area contributed by atoms with Crippen LogP contribution in [0.3, 0.4) is 0 Å². The molecule has 0 spiro atoms. The number of carbonyl (C=O) groups excluding carboxylic acids is 2. The molecular formula is C68H92N2O4. The second-order valence-electron chi connectivity index (χ2n) is 21.4. The molecule has 0 fully saturated rings. The number of carbonyl (C=O) groups is 2. The Hall–Kier alpha value is -5.36. The van der Waals surface area contributed by atoms with Crippen molar-refractivity contribution >= 4 is 55.6 Å². The Morgan fingerprint density at radius 1 is 0.338 bits per heavy atom. The standard InChI is InChI=1S/C68H92N2O4/c1-5-9-11-13-15-17-19-21-23-25-27-29-31-37-47-69-63-41-35-33-39-55(63)59-49-53(43-45-65(59)69)57-51-62(68(72)74-8-4)58(52-61(57)67(71)73-7-3)54-44-46-66-60(50-54)56-40-34-36-42-64(56)70(66)48-38-32-30-28-26-24-22-20-18-16-14-12-10-6-2/h33-36,39-46,49-52H,5-32,37-38,47-48H2,1-4H3. The van der Waals surface area contributed by atoms with Gasteiger partial charge in [0.1, 0.15) is 0 Å². The van der Waals surface area contributed by atoms with Gasteiger partial charge in [0, 0.05) is 56.7 Å². The first-order chi connectivity index (χ1) is 36.5. The number of para-hydroxylation sites is 2. The van der Waals surface area contributed by atoms with Gasteiger partial charge < -0.3 is 18.6 Å². The van der Waals surface area contributed by atoms with Gasteiger partial charge in [-0.2, -0.15) is 0 Å². The average molecular weight is 1000 g/mol. The molecule has 0 aliphatic heterocycles. The van der Waals surface area contributed by atoms with E-state index in [-0.39, 0.29) is 13.2 Å². The zero-order valence-corrected chi connectivity index (χ0v) is 46.4. The van der Waals surface area contributed by atoms with E-state index in [0.29, 0.717) is 22.3 Å². The lowest BCUT2D eigenvalue weighted by Crippen LogP contribution is -2.12. The molecule has 0 saturated heterocycles. The molecule has 5 aromatic carbocycles. The normalized spacial score (nSPS) is 11.7. The lowest BCUT2D eigenvalue weighted by molar-refractivity contribution is 0.0513. The van der Waals surface area contributed by atoms with Gasteiger partial charge in [0.2, 0.25) is 0 Å². The maximum absolute atomic E-state index is 14.1. The molecule has 0 N–H and O–H groups in total. The molecule has 398 valence electrons. The summed E-state index contributed by atoms with van der Waals surface area (Å²) in [7, 11) is 0. The highest BCUT2D eigenvalue weighted by Gasteiger charge is 2.25. The maximum atomic E-state index is 14.1. The van der Waals surface area contributed by atoms with E-state index >= 15 is 0 Å². The summed E-state index contributed by atoms with van der Waals surface area (Å²) in [6, 6.07) is 34.1. The quantitative estimate of drug-likeness (QED) is 0.0290. The monoisotopic (exact) mass is 1000 g/mol. The summed E-state index contributed by atoms with van der Waals surface area (Å²) in [5.41, 5.74) is 8.71. The van der Waals surface area contributed by atoms with Crippen molar-refractivity contribution < 1.29 is 19.1 Å². The van der Waals surface area contributed by atoms with Crippen molar-refractivity contribution in [2.45, 2.75) is 221 Å². The summed E-state index contributed by atoms with van der Waals surface area (Å²) in [4.78, 5) is 28.3. The van der Waals surface area contributed by atoms with Gasteiger partial charge >= 0.3 is 11.9 Å². The number of aryl methyl sites for hydroxylation is 2. The van der Waals surface area contributed by atoms with Crippen molar-refractivity contribution in [3.63, 3.8) is 0 Å².